The number of fused-ring (bicyclic) bond motifs is 1. The smallest absolute Gasteiger partial charge is 0.246 e. The molecule has 2 aromatic rings. The van der Waals surface area contributed by atoms with Crippen molar-refractivity contribution in [3.63, 3.8) is 0 Å². The highest BCUT2D eigenvalue weighted by Crippen LogP contribution is 2.29. The van der Waals surface area contributed by atoms with Gasteiger partial charge in [-0.25, -0.2) is 8.42 Å². The first-order chi connectivity index (χ1) is 10.4. The van der Waals surface area contributed by atoms with E-state index in [0.29, 0.717) is 18.8 Å². The Hall–Kier alpha value is -1.86. The number of hydrogen-bond acceptors (Lipinski definition) is 4. The number of hydrogen-bond donors (Lipinski definition) is 0. The number of aryl methyl sites for hydroxylation is 1. The molecule has 0 saturated heterocycles. The van der Waals surface area contributed by atoms with Gasteiger partial charge >= 0.3 is 0 Å². The average molecular weight is 321 g/mol. The Kier molecular flexibility index (Phi) is 3.70. The number of sulfonamides is 1. The summed E-state index contributed by atoms with van der Waals surface area (Å²) < 4.78 is 34.8. The van der Waals surface area contributed by atoms with E-state index in [0.717, 1.165) is 11.3 Å². The van der Waals surface area contributed by atoms with Crippen LogP contribution >= 0.6 is 0 Å². The molecule has 0 aliphatic carbocycles. The average Bonchev–Trinajstić information content (AvgIpc) is 2.71. The van der Waals surface area contributed by atoms with Crippen molar-refractivity contribution in [2.24, 2.45) is 7.05 Å². The molecule has 1 aromatic carbocycles. The molecule has 0 amide bonds. The molecule has 3 rings (SSSR count). The molecule has 1 aromatic heterocycles. The van der Waals surface area contributed by atoms with Crippen LogP contribution in [0.3, 0.4) is 0 Å². The lowest BCUT2D eigenvalue weighted by Crippen LogP contribution is -2.36. The van der Waals surface area contributed by atoms with E-state index < -0.39 is 10.0 Å². The van der Waals surface area contributed by atoms with Crippen LogP contribution in [0.1, 0.15) is 18.2 Å². The van der Waals surface area contributed by atoms with Crippen molar-refractivity contribution in [1.82, 2.24) is 14.1 Å². The van der Waals surface area contributed by atoms with Crippen LogP contribution in [-0.2, 0) is 23.6 Å². The van der Waals surface area contributed by atoms with Crippen molar-refractivity contribution in [2.45, 2.75) is 31.4 Å². The molecule has 1 atom stereocenters. The maximum absolute atomic E-state index is 12.9. The molecular formula is C15H19N3O3S. The normalized spacial score (nSPS) is 19.3. The highest BCUT2D eigenvalue weighted by molar-refractivity contribution is 7.89. The Morgan fingerprint density at radius 2 is 2.05 bits per heavy atom. The Bertz CT molecular complexity index is 798. The number of ether oxygens (including phenoxy) is 1. The summed E-state index contributed by atoms with van der Waals surface area (Å²) in [4.78, 5) is 0.251. The summed E-state index contributed by atoms with van der Waals surface area (Å²) in [6.45, 7) is 4.24. The van der Waals surface area contributed by atoms with Gasteiger partial charge in [-0.05, 0) is 19.9 Å². The number of rotatable bonds is 2. The molecule has 0 bridgehead atoms. The SMILES string of the molecule is Cc1c(S(=O)(=O)N2Cc3ccccc3OC(C)C2)cnn1C. The second-order valence-electron chi connectivity index (χ2n) is 5.55. The van der Waals surface area contributed by atoms with Crippen molar-refractivity contribution in [2.75, 3.05) is 6.54 Å². The largest absolute Gasteiger partial charge is 0.489 e. The Labute approximate surface area is 130 Å². The van der Waals surface area contributed by atoms with Crippen LogP contribution in [0.2, 0.25) is 0 Å². The second-order valence-corrected chi connectivity index (χ2v) is 7.46. The van der Waals surface area contributed by atoms with Gasteiger partial charge in [0.2, 0.25) is 10.0 Å². The minimum Gasteiger partial charge on any atom is -0.489 e. The van der Waals surface area contributed by atoms with E-state index in [9.17, 15) is 8.42 Å². The Morgan fingerprint density at radius 1 is 1.32 bits per heavy atom. The number of aromatic nitrogens is 2. The zero-order valence-electron chi connectivity index (χ0n) is 12.9. The van der Waals surface area contributed by atoms with Gasteiger partial charge in [-0.15, -0.1) is 0 Å². The van der Waals surface area contributed by atoms with Gasteiger partial charge in [0.25, 0.3) is 0 Å². The van der Waals surface area contributed by atoms with Gasteiger partial charge in [-0.1, -0.05) is 18.2 Å². The van der Waals surface area contributed by atoms with Crippen LogP contribution < -0.4 is 4.74 Å². The van der Waals surface area contributed by atoms with E-state index in [4.69, 9.17) is 4.74 Å². The maximum Gasteiger partial charge on any atom is 0.246 e. The third kappa shape index (κ3) is 2.50. The molecule has 7 heteroatoms. The van der Waals surface area contributed by atoms with Crippen LogP contribution in [0.25, 0.3) is 0 Å². The first kappa shape index (κ1) is 15.1. The third-order valence-electron chi connectivity index (χ3n) is 3.92. The van der Waals surface area contributed by atoms with Crippen molar-refractivity contribution < 1.29 is 13.2 Å². The lowest BCUT2D eigenvalue weighted by atomic mass is 10.2. The number of nitrogens with zero attached hydrogens (tertiary/aromatic N) is 3. The zero-order valence-corrected chi connectivity index (χ0v) is 13.7. The summed E-state index contributed by atoms with van der Waals surface area (Å²) in [7, 11) is -1.87. The fraction of sp³-hybridized carbons (Fsp3) is 0.400. The third-order valence-corrected chi connectivity index (χ3v) is 5.83. The second kappa shape index (κ2) is 5.40. The van der Waals surface area contributed by atoms with Crippen LogP contribution in [0.5, 0.6) is 5.75 Å². The molecule has 118 valence electrons. The van der Waals surface area contributed by atoms with E-state index in [2.05, 4.69) is 5.10 Å². The van der Waals surface area contributed by atoms with Crippen LogP contribution in [-0.4, -0.2) is 35.2 Å². The molecule has 0 saturated carbocycles. The summed E-state index contributed by atoms with van der Waals surface area (Å²) >= 11 is 0. The maximum atomic E-state index is 12.9. The van der Waals surface area contributed by atoms with E-state index in [-0.39, 0.29) is 11.0 Å². The fourth-order valence-corrected chi connectivity index (χ4v) is 4.28. The molecule has 22 heavy (non-hydrogen) atoms. The van der Waals surface area contributed by atoms with Crippen molar-refractivity contribution in [3.8, 4) is 5.75 Å². The van der Waals surface area contributed by atoms with Crippen LogP contribution in [0.15, 0.2) is 35.4 Å². The molecule has 1 aliphatic heterocycles. The highest BCUT2D eigenvalue weighted by Gasteiger charge is 2.32. The Balaban J connectivity index is 2.02. The van der Waals surface area contributed by atoms with Crippen molar-refractivity contribution in [3.05, 3.63) is 41.7 Å². The minimum absolute atomic E-state index is 0.213. The molecule has 0 radical (unpaired) electrons. The number of para-hydroxylation sites is 1. The highest BCUT2D eigenvalue weighted by atomic mass is 32.2. The monoisotopic (exact) mass is 321 g/mol. The zero-order chi connectivity index (χ0) is 15.9. The predicted molar refractivity (Wildman–Crippen MR) is 82.1 cm³/mol. The summed E-state index contributed by atoms with van der Waals surface area (Å²) in [5.74, 6) is 0.746. The quantitative estimate of drug-likeness (QED) is 0.844. The van der Waals surface area contributed by atoms with E-state index in [1.54, 1.807) is 18.7 Å². The van der Waals surface area contributed by atoms with Crippen molar-refractivity contribution in [1.29, 1.82) is 0 Å². The van der Waals surface area contributed by atoms with E-state index in [1.165, 1.54) is 10.5 Å². The molecule has 0 N–H and O–H groups in total. The molecule has 1 aliphatic rings. The predicted octanol–water partition coefficient (Wildman–Crippen LogP) is 1.70. The fourth-order valence-electron chi connectivity index (χ4n) is 2.60. The lowest BCUT2D eigenvalue weighted by Gasteiger charge is -2.21. The molecule has 0 spiro atoms. The standard InChI is InChI=1S/C15H19N3O3S/c1-11-9-18(10-13-6-4-5-7-14(13)21-11)22(19,20)15-8-16-17(3)12(15)2/h4-8,11H,9-10H2,1-3H3. The summed E-state index contributed by atoms with van der Waals surface area (Å²) in [6.07, 6.45) is 1.20. The molecule has 2 heterocycles. The minimum atomic E-state index is -3.60. The first-order valence-electron chi connectivity index (χ1n) is 7.13. The van der Waals surface area contributed by atoms with Gasteiger partial charge in [-0.2, -0.15) is 9.40 Å². The van der Waals surface area contributed by atoms with Crippen LogP contribution in [0.4, 0.5) is 0 Å². The van der Waals surface area contributed by atoms with Crippen molar-refractivity contribution >= 4 is 10.0 Å². The molecular weight excluding hydrogens is 302 g/mol. The van der Waals surface area contributed by atoms with Gasteiger partial charge in [0.15, 0.2) is 0 Å². The van der Waals surface area contributed by atoms with E-state index in [1.807, 2.05) is 31.2 Å². The van der Waals surface area contributed by atoms with Crippen LogP contribution in [0, 0.1) is 6.92 Å². The van der Waals surface area contributed by atoms with Gasteiger partial charge in [0.05, 0.1) is 18.4 Å². The van der Waals surface area contributed by atoms with Gasteiger partial charge < -0.3 is 4.74 Å². The van der Waals surface area contributed by atoms with Gasteiger partial charge in [0, 0.05) is 19.2 Å². The Morgan fingerprint density at radius 3 is 2.73 bits per heavy atom. The summed E-state index contributed by atoms with van der Waals surface area (Å²) in [5.41, 5.74) is 1.50. The van der Waals surface area contributed by atoms with Gasteiger partial charge in [-0.3, -0.25) is 4.68 Å². The summed E-state index contributed by atoms with van der Waals surface area (Å²) in [5, 5.41) is 4.04. The molecule has 0 fully saturated rings. The van der Waals surface area contributed by atoms with Gasteiger partial charge in [0.1, 0.15) is 16.7 Å². The molecule has 6 nitrogen and oxygen atoms in total. The molecule has 1 unspecified atom stereocenters. The lowest BCUT2D eigenvalue weighted by molar-refractivity contribution is 0.201. The summed E-state index contributed by atoms with van der Waals surface area (Å²) in [6, 6.07) is 7.54. The topological polar surface area (TPSA) is 64.4 Å². The first-order valence-corrected chi connectivity index (χ1v) is 8.57. The number of benzene rings is 1. The van der Waals surface area contributed by atoms with E-state index >= 15 is 0 Å².